The van der Waals surface area contributed by atoms with E-state index >= 15 is 0 Å². The van der Waals surface area contributed by atoms with Gasteiger partial charge in [-0.3, -0.25) is 4.79 Å². The van der Waals surface area contributed by atoms with Crippen LogP contribution in [0.5, 0.6) is 0 Å². The second-order valence-electron chi connectivity index (χ2n) is 8.68. The molecule has 1 amide bonds. The Morgan fingerprint density at radius 3 is 2.28 bits per heavy atom. The van der Waals surface area contributed by atoms with E-state index in [1.807, 2.05) is 12.1 Å². The third-order valence-corrected chi connectivity index (χ3v) is 7.54. The predicted molar refractivity (Wildman–Crippen MR) is 124 cm³/mol. The molecule has 29 heavy (non-hydrogen) atoms. The zero-order valence-electron chi connectivity index (χ0n) is 17.0. The van der Waals surface area contributed by atoms with Gasteiger partial charge in [0.25, 0.3) is 0 Å². The highest BCUT2D eigenvalue weighted by molar-refractivity contribution is 6.30. The molecule has 2 N–H and O–H groups in total. The molecule has 3 fully saturated rings. The van der Waals surface area contributed by atoms with Crippen LogP contribution >= 0.6 is 36.4 Å². The molecule has 3 aliphatic rings. The summed E-state index contributed by atoms with van der Waals surface area (Å²) in [5.74, 6) is 0.375. The molecule has 0 bridgehead atoms. The molecule has 4 nitrogen and oxygen atoms in total. The molecule has 164 valence electrons. The molecule has 0 atom stereocenters. The largest absolute Gasteiger partial charge is 0.340 e. The Balaban J connectivity index is 0.00000150. The van der Waals surface area contributed by atoms with E-state index in [2.05, 4.69) is 21.9 Å². The van der Waals surface area contributed by atoms with Crippen molar-refractivity contribution in [3.63, 3.8) is 0 Å². The van der Waals surface area contributed by atoms with E-state index in [0.29, 0.717) is 24.5 Å². The number of amides is 1. The molecule has 1 aliphatic carbocycles. The highest BCUT2D eigenvalue weighted by Crippen LogP contribution is 2.41. The van der Waals surface area contributed by atoms with Crippen molar-refractivity contribution in [2.24, 2.45) is 5.73 Å². The van der Waals surface area contributed by atoms with Crippen LogP contribution in [0.1, 0.15) is 56.9 Å². The van der Waals surface area contributed by atoms with Crippen molar-refractivity contribution in [1.82, 2.24) is 9.80 Å². The van der Waals surface area contributed by atoms with Gasteiger partial charge in [0.2, 0.25) is 5.91 Å². The number of hydrogen-bond acceptors (Lipinski definition) is 3. The zero-order valence-corrected chi connectivity index (χ0v) is 19.4. The first-order chi connectivity index (χ1) is 13.1. The van der Waals surface area contributed by atoms with E-state index in [9.17, 15) is 4.79 Å². The van der Waals surface area contributed by atoms with Gasteiger partial charge in [-0.2, -0.15) is 0 Å². The quantitative estimate of drug-likeness (QED) is 0.721. The molecular weight excluding hydrogens is 429 g/mol. The van der Waals surface area contributed by atoms with Crippen LogP contribution in [-0.2, 0) is 10.2 Å². The van der Waals surface area contributed by atoms with Crippen LogP contribution in [-0.4, -0.2) is 54.0 Å². The summed E-state index contributed by atoms with van der Waals surface area (Å²) in [7, 11) is 0. The topological polar surface area (TPSA) is 49.6 Å². The second kappa shape index (κ2) is 10.7. The first-order valence-corrected chi connectivity index (χ1v) is 11.0. The van der Waals surface area contributed by atoms with Gasteiger partial charge in [-0.05, 0) is 62.6 Å². The summed E-state index contributed by atoms with van der Waals surface area (Å²) >= 11 is 6.23. The fraction of sp³-hybridized carbons (Fsp3) is 0.682. The molecule has 0 radical (unpaired) electrons. The molecule has 7 heteroatoms. The summed E-state index contributed by atoms with van der Waals surface area (Å²) in [6.45, 7) is 3.93. The molecule has 2 heterocycles. The van der Waals surface area contributed by atoms with Gasteiger partial charge in [-0.1, -0.05) is 23.7 Å². The Morgan fingerprint density at radius 1 is 1.03 bits per heavy atom. The molecule has 2 saturated heterocycles. The van der Waals surface area contributed by atoms with Crippen LogP contribution in [0.25, 0.3) is 0 Å². The van der Waals surface area contributed by atoms with E-state index in [1.165, 1.54) is 18.4 Å². The third kappa shape index (κ3) is 5.22. The highest BCUT2D eigenvalue weighted by Gasteiger charge is 2.39. The first kappa shape index (κ1) is 24.7. The first-order valence-electron chi connectivity index (χ1n) is 10.6. The second-order valence-corrected chi connectivity index (χ2v) is 9.12. The van der Waals surface area contributed by atoms with Crippen LogP contribution in [0.3, 0.4) is 0 Å². The van der Waals surface area contributed by atoms with Gasteiger partial charge in [0.15, 0.2) is 0 Å². The molecule has 1 aromatic rings. The molecule has 4 rings (SSSR count). The number of rotatable bonds is 4. The Hall–Kier alpha value is -0.520. The van der Waals surface area contributed by atoms with Crippen molar-refractivity contribution >= 4 is 42.3 Å². The number of halogens is 3. The minimum absolute atomic E-state index is 0. The molecule has 0 spiro atoms. The fourth-order valence-electron chi connectivity index (χ4n) is 5.57. The van der Waals surface area contributed by atoms with Gasteiger partial charge in [0, 0.05) is 55.1 Å². The third-order valence-electron chi connectivity index (χ3n) is 7.31. The number of likely N-dealkylation sites (tertiary alicyclic amines) is 2. The standard InChI is InChI=1S/C22H32ClN3O.2ClH/c23-18-4-1-3-17(15-18)22(16-24)10-6-19(7-11-22)25-13-8-20(9-14-25)26-12-2-5-21(26)27;;/h1,3-4,15,19-20H,2,5-14,16,24H2;2*1H. The Morgan fingerprint density at radius 2 is 1.72 bits per heavy atom. The monoisotopic (exact) mass is 461 g/mol. The Bertz CT molecular complexity index is 671. The number of hydrogen-bond donors (Lipinski definition) is 1. The lowest BCUT2D eigenvalue weighted by atomic mass is 9.68. The maximum atomic E-state index is 12.0. The summed E-state index contributed by atoms with van der Waals surface area (Å²) in [5.41, 5.74) is 7.64. The molecule has 0 unspecified atom stereocenters. The van der Waals surface area contributed by atoms with Crippen LogP contribution in [0.4, 0.5) is 0 Å². The van der Waals surface area contributed by atoms with Crippen molar-refractivity contribution in [3.8, 4) is 0 Å². The van der Waals surface area contributed by atoms with Gasteiger partial charge in [0.05, 0.1) is 0 Å². The van der Waals surface area contributed by atoms with Gasteiger partial charge in [-0.25, -0.2) is 0 Å². The van der Waals surface area contributed by atoms with Crippen LogP contribution in [0.15, 0.2) is 24.3 Å². The lowest BCUT2D eigenvalue weighted by Crippen LogP contribution is -2.51. The minimum atomic E-state index is 0. The van der Waals surface area contributed by atoms with E-state index in [4.69, 9.17) is 17.3 Å². The van der Waals surface area contributed by atoms with Crippen LogP contribution < -0.4 is 5.73 Å². The average molecular weight is 463 g/mol. The van der Waals surface area contributed by atoms with Crippen LogP contribution in [0, 0.1) is 0 Å². The SMILES string of the molecule is Cl.Cl.NCC1(c2cccc(Cl)c2)CCC(N2CCC(N3CCCC3=O)CC2)CC1. The maximum Gasteiger partial charge on any atom is 0.222 e. The van der Waals surface area contributed by atoms with Gasteiger partial charge in [-0.15, -0.1) is 24.8 Å². The van der Waals surface area contributed by atoms with E-state index in [0.717, 1.165) is 63.2 Å². The number of piperidine rings is 1. The van der Waals surface area contributed by atoms with E-state index in [1.54, 1.807) is 0 Å². The summed E-state index contributed by atoms with van der Waals surface area (Å²) in [6.07, 6.45) is 8.77. The van der Waals surface area contributed by atoms with Crippen molar-refractivity contribution in [3.05, 3.63) is 34.9 Å². The van der Waals surface area contributed by atoms with Crippen molar-refractivity contribution < 1.29 is 4.79 Å². The summed E-state index contributed by atoms with van der Waals surface area (Å²) < 4.78 is 0. The molecule has 2 aliphatic heterocycles. The number of carbonyl (C=O) groups is 1. The maximum absolute atomic E-state index is 12.0. The molecule has 1 aromatic carbocycles. The summed E-state index contributed by atoms with van der Waals surface area (Å²) in [5, 5.41) is 0.806. The fourth-order valence-corrected chi connectivity index (χ4v) is 5.76. The van der Waals surface area contributed by atoms with Crippen molar-refractivity contribution in [2.75, 3.05) is 26.2 Å². The Labute approximate surface area is 192 Å². The Kier molecular flexibility index (Phi) is 9.11. The van der Waals surface area contributed by atoms with Crippen molar-refractivity contribution in [1.29, 1.82) is 0 Å². The van der Waals surface area contributed by atoms with Crippen molar-refractivity contribution in [2.45, 2.75) is 68.9 Å². The van der Waals surface area contributed by atoms with E-state index < -0.39 is 0 Å². The number of nitrogens with zero attached hydrogens (tertiary/aromatic N) is 2. The number of nitrogens with two attached hydrogens (primary N) is 1. The van der Waals surface area contributed by atoms with Gasteiger partial charge < -0.3 is 15.5 Å². The minimum Gasteiger partial charge on any atom is -0.340 e. The number of benzene rings is 1. The van der Waals surface area contributed by atoms with Gasteiger partial charge in [0.1, 0.15) is 0 Å². The highest BCUT2D eigenvalue weighted by atomic mass is 35.5. The molecule has 1 saturated carbocycles. The van der Waals surface area contributed by atoms with Crippen LogP contribution in [0.2, 0.25) is 5.02 Å². The summed E-state index contributed by atoms with van der Waals surface area (Å²) in [6, 6.07) is 9.43. The average Bonchev–Trinajstić information content (AvgIpc) is 3.14. The zero-order chi connectivity index (χ0) is 18.9. The predicted octanol–water partition coefficient (Wildman–Crippen LogP) is 4.41. The lowest BCUT2D eigenvalue weighted by Gasteiger charge is -2.46. The summed E-state index contributed by atoms with van der Waals surface area (Å²) in [4.78, 5) is 16.8. The van der Waals surface area contributed by atoms with E-state index in [-0.39, 0.29) is 30.2 Å². The molecule has 0 aromatic heterocycles. The van der Waals surface area contributed by atoms with Gasteiger partial charge >= 0.3 is 0 Å². The normalized spacial score (nSPS) is 28.7. The number of carbonyl (C=O) groups excluding carboxylic acids is 1. The molecular formula is C22H34Cl3N3O. The smallest absolute Gasteiger partial charge is 0.222 e. The lowest BCUT2D eigenvalue weighted by molar-refractivity contribution is -0.130.